The number of aromatic amines is 1. The largest absolute Gasteiger partial charge is 0.388 e. The summed E-state index contributed by atoms with van der Waals surface area (Å²) in [5.74, 6) is 0. The minimum atomic E-state index is -0.0415. The van der Waals surface area contributed by atoms with Crippen LogP contribution in [-0.2, 0) is 0 Å². The molecule has 0 amide bonds. The number of hydrogen-bond donors (Lipinski definition) is 2. The summed E-state index contributed by atoms with van der Waals surface area (Å²) >= 11 is 0. The summed E-state index contributed by atoms with van der Waals surface area (Å²) in [6.07, 6.45) is 1.66. The Morgan fingerprint density at radius 1 is 1.31 bits per heavy atom. The van der Waals surface area contributed by atoms with Crippen LogP contribution in [0.15, 0.2) is 35.3 Å². The molecule has 0 saturated heterocycles. The Hall–Kier alpha value is -1.77. The summed E-state index contributed by atoms with van der Waals surface area (Å²) in [6, 6.07) is 7.54. The van der Waals surface area contributed by atoms with Gasteiger partial charge in [0.25, 0.3) is 5.56 Å². The summed E-state index contributed by atoms with van der Waals surface area (Å²) in [5.41, 5.74) is 0.971. The second kappa shape index (κ2) is 2.94. The van der Waals surface area contributed by atoms with Gasteiger partial charge in [-0.3, -0.25) is 4.79 Å². The molecule has 66 valence electrons. The zero-order valence-corrected chi connectivity index (χ0v) is 7.29. The third-order valence-electron chi connectivity index (χ3n) is 2.06. The molecule has 0 aliphatic carbocycles. The third kappa shape index (κ3) is 1.28. The van der Waals surface area contributed by atoms with Gasteiger partial charge in [-0.1, -0.05) is 0 Å². The highest BCUT2D eigenvalue weighted by molar-refractivity contribution is 5.84. The fourth-order valence-corrected chi connectivity index (χ4v) is 1.35. The van der Waals surface area contributed by atoms with Crippen LogP contribution >= 0.6 is 0 Å². The van der Waals surface area contributed by atoms with Gasteiger partial charge in [-0.15, -0.1) is 0 Å². The van der Waals surface area contributed by atoms with Gasteiger partial charge in [-0.05, 0) is 29.7 Å². The summed E-state index contributed by atoms with van der Waals surface area (Å²) < 4.78 is 0. The van der Waals surface area contributed by atoms with Crippen molar-refractivity contribution in [2.24, 2.45) is 0 Å². The normalized spacial score (nSPS) is 10.2. The lowest BCUT2D eigenvalue weighted by Gasteiger charge is -2.00. The zero-order valence-electron chi connectivity index (χ0n) is 7.29. The molecule has 0 aliphatic heterocycles. The molecule has 0 fully saturated rings. The number of aromatic nitrogens is 1. The molecule has 0 radical (unpaired) electrons. The van der Waals surface area contributed by atoms with E-state index >= 15 is 0 Å². The quantitative estimate of drug-likeness (QED) is 0.689. The summed E-state index contributed by atoms with van der Waals surface area (Å²) in [4.78, 5) is 13.9. The van der Waals surface area contributed by atoms with E-state index in [4.69, 9.17) is 0 Å². The predicted octanol–water partition coefficient (Wildman–Crippen LogP) is 1.57. The molecule has 0 bridgehead atoms. The average molecular weight is 174 g/mol. The van der Waals surface area contributed by atoms with Gasteiger partial charge in [0, 0.05) is 24.3 Å². The Morgan fingerprint density at radius 2 is 2.15 bits per heavy atom. The van der Waals surface area contributed by atoms with Crippen molar-refractivity contribution in [3.05, 3.63) is 40.8 Å². The lowest BCUT2D eigenvalue weighted by atomic mass is 10.1. The Kier molecular flexibility index (Phi) is 1.77. The molecular weight excluding hydrogens is 164 g/mol. The van der Waals surface area contributed by atoms with Crippen LogP contribution in [0, 0.1) is 0 Å². The number of anilines is 1. The SMILES string of the molecule is CNc1ccc2c(=O)[nH]ccc2c1. The molecular formula is C10H10N2O. The molecule has 0 saturated carbocycles. The molecule has 0 aliphatic rings. The maximum absolute atomic E-state index is 11.3. The molecule has 1 aromatic carbocycles. The third-order valence-corrected chi connectivity index (χ3v) is 2.06. The van der Waals surface area contributed by atoms with Crippen molar-refractivity contribution in [3.63, 3.8) is 0 Å². The molecule has 13 heavy (non-hydrogen) atoms. The fourth-order valence-electron chi connectivity index (χ4n) is 1.35. The van der Waals surface area contributed by atoms with Crippen LogP contribution in [0.3, 0.4) is 0 Å². The smallest absolute Gasteiger partial charge is 0.255 e. The van der Waals surface area contributed by atoms with Crippen molar-refractivity contribution in [3.8, 4) is 0 Å². The summed E-state index contributed by atoms with van der Waals surface area (Å²) in [5, 5.41) is 4.70. The van der Waals surface area contributed by atoms with Gasteiger partial charge in [0.05, 0.1) is 0 Å². The number of nitrogens with one attached hydrogen (secondary N) is 2. The van der Waals surface area contributed by atoms with E-state index in [1.54, 1.807) is 6.20 Å². The topological polar surface area (TPSA) is 44.9 Å². The highest BCUT2D eigenvalue weighted by atomic mass is 16.1. The molecule has 2 N–H and O–H groups in total. The maximum Gasteiger partial charge on any atom is 0.255 e. The van der Waals surface area contributed by atoms with E-state index < -0.39 is 0 Å². The summed E-state index contributed by atoms with van der Waals surface area (Å²) in [6.45, 7) is 0. The van der Waals surface area contributed by atoms with Crippen LogP contribution in [0.4, 0.5) is 5.69 Å². The Bertz CT molecular complexity index is 487. The van der Waals surface area contributed by atoms with Gasteiger partial charge < -0.3 is 10.3 Å². The van der Waals surface area contributed by atoms with Crippen LogP contribution in [-0.4, -0.2) is 12.0 Å². The molecule has 2 aromatic rings. The first kappa shape index (κ1) is 7.86. The fraction of sp³-hybridized carbons (Fsp3) is 0.100. The minimum absolute atomic E-state index is 0.0415. The number of hydrogen-bond acceptors (Lipinski definition) is 2. The van der Waals surface area contributed by atoms with Crippen molar-refractivity contribution in [2.45, 2.75) is 0 Å². The summed E-state index contributed by atoms with van der Waals surface area (Å²) in [7, 11) is 1.86. The Labute approximate surface area is 75.4 Å². The van der Waals surface area contributed by atoms with Gasteiger partial charge in [0.1, 0.15) is 0 Å². The predicted molar refractivity (Wildman–Crippen MR) is 54.1 cm³/mol. The van der Waals surface area contributed by atoms with Gasteiger partial charge in [0.15, 0.2) is 0 Å². The number of H-pyrrole nitrogens is 1. The van der Waals surface area contributed by atoms with Crippen LogP contribution in [0.2, 0.25) is 0 Å². The lowest BCUT2D eigenvalue weighted by Crippen LogP contribution is -2.04. The number of rotatable bonds is 1. The second-order valence-electron chi connectivity index (χ2n) is 2.86. The molecule has 0 spiro atoms. The lowest BCUT2D eigenvalue weighted by molar-refractivity contribution is 1.28. The molecule has 0 unspecified atom stereocenters. The second-order valence-corrected chi connectivity index (χ2v) is 2.86. The monoisotopic (exact) mass is 174 g/mol. The van der Waals surface area contributed by atoms with E-state index in [1.165, 1.54) is 0 Å². The number of fused-ring (bicyclic) bond motifs is 1. The molecule has 1 aromatic heterocycles. The molecule has 3 nitrogen and oxygen atoms in total. The van der Waals surface area contributed by atoms with Crippen molar-refractivity contribution in [1.29, 1.82) is 0 Å². The van der Waals surface area contributed by atoms with Crippen LogP contribution in [0.25, 0.3) is 10.8 Å². The highest BCUT2D eigenvalue weighted by Gasteiger charge is 1.97. The van der Waals surface area contributed by atoms with E-state index in [2.05, 4.69) is 10.3 Å². The van der Waals surface area contributed by atoms with Crippen LogP contribution < -0.4 is 10.9 Å². The minimum Gasteiger partial charge on any atom is -0.388 e. The first-order valence-corrected chi connectivity index (χ1v) is 4.10. The Morgan fingerprint density at radius 3 is 2.92 bits per heavy atom. The van der Waals surface area contributed by atoms with E-state index in [0.29, 0.717) is 0 Å². The van der Waals surface area contributed by atoms with Gasteiger partial charge in [-0.25, -0.2) is 0 Å². The van der Waals surface area contributed by atoms with E-state index in [-0.39, 0.29) is 5.56 Å². The van der Waals surface area contributed by atoms with Gasteiger partial charge >= 0.3 is 0 Å². The standard InChI is InChI=1S/C10H10N2O/c1-11-8-2-3-9-7(6-8)4-5-12-10(9)13/h2-6,11H,1H3,(H,12,13). The van der Waals surface area contributed by atoms with E-state index in [0.717, 1.165) is 16.5 Å². The highest BCUT2D eigenvalue weighted by Crippen LogP contribution is 2.14. The van der Waals surface area contributed by atoms with E-state index in [9.17, 15) is 4.79 Å². The van der Waals surface area contributed by atoms with Crippen molar-refractivity contribution < 1.29 is 0 Å². The first-order chi connectivity index (χ1) is 6.31. The molecule has 0 atom stereocenters. The molecule has 2 rings (SSSR count). The average Bonchev–Trinajstić information content (AvgIpc) is 2.18. The van der Waals surface area contributed by atoms with Crippen molar-refractivity contribution >= 4 is 16.5 Å². The van der Waals surface area contributed by atoms with Crippen LogP contribution in [0.5, 0.6) is 0 Å². The first-order valence-electron chi connectivity index (χ1n) is 4.10. The van der Waals surface area contributed by atoms with Crippen molar-refractivity contribution in [2.75, 3.05) is 12.4 Å². The Balaban J connectivity index is 2.80. The van der Waals surface area contributed by atoms with Crippen molar-refractivity contribution in [1.82, 2.24) is 4.98 Å². The zero-order chi connectivity index (χ0) is 9.26. The van der Waals surface area contributed by atoms with Gasteiger partial charge in [0.2, 0.25) is 0 Å². The van der Waals surface area contributed by atoms with E-state index in [1.807, 2.05) is 31.3 Å². The molecule has 3 heteroatoms. The van der Waals surface area contributed by atoms with Gasteiger partial charge in [-0.2, -0.15) is 0 Å². The number of pyridine rings is 1. The van der Waals surface area contributed by atoms with Crippen LogP contribution in [0.1, 0.15) is 0 Å². The molecule has 1 heterocycles. The number of benzene rings is 1. The maximum atomic E-state index is 11.3.